The lowest BCUT2D eigenvalue weighted by Crippen LogP contribution is -1.79. The lowest BCUT2D eigenvalue weighted by atomic mass is 10.1. The zero-order valence-electron chi connectivity index (χ0n) is 6.14. The highest BCUT2D eigenvalue weighted by Crippen LogP contribution is 2.16. The Kier molecular flexibility index (Phi) is 1.60. The minimum atomic E-state index is 0.513. The number of hydrogen-bond donors (Lipinski definition) is 0. The molecule has 1 nitrogen and oxygen atoms in total. The largest absolute Gasteiger partial charge is 0.469 e. The summed E-state index contributed by atoms with van der Waals surface area (Å²) in [6.45, 7) is 6.28. The summed E-state index contributed by atoms with van der Waals surface area (Å²) in [4.78, 5) is 0. The molecule has 1 aromatic rings. The molecule has 1 aromatic heterocycles. The smallest absolute Gasteiger partial charge is 0.106 e. The van der Waals surface area contributed by atoms with Gasteiger partial charge in [-0.05, 0) is 18.6 Å². The maximum absolute atomic E-state index is 5.23. The van der Waals surface area contributed by atoms with Crippen molar-refractivity contribution in [3.05, 3.63) is 23.7 Å². The minimum absolute atomic E-state index is 0.513. The van der Waals surface area contributed by atoms with Gasteiger partial charge >= 0.3 is 0 Å². The lowest BCUT2D eigenvalue weighted by Gasteiger charge is -1.95. The average Bonchev–Trinajstić information content (AvgIpc) is 2.14. The highest BCUT2D eigenvalue weighted by atomic mass is 16.3. The monoisotopic (exact) mass is 124 g/mol. The molecule has 0 aliphatic heterocycles. The normalized spacial score (nSPS) is 10.7. The molecule has 0 aromatic carbocycles. The molecule has 0 spiro atoms. The van der Waals surface area contributed by atoms with Crippen molar-refractivity contribution in [2.45, 2.75) is 26.7 Å². The van der Waals surface area contributed by atoms with E-state index in [0.717, 1.165) is 5.76 Å². The molecule has 0 unspecified atom stereocenters. The van der Waals surface area contributed by atoms with Crippen LogP contribution in [0, 0.1) is 6.92 Å². The summed E-state index contributed by atoms with van der Waals surface area (Å²) < 4.78 is 5.23. The van der Waals surface area contributed by atoms with Crippen LogP contribution < -0.4 is 0 Å². The van der Waals surface area contributed by atoms with Crippen LogP contribution in [-0.2, 0) is 0 Å². The van der Waals surface area contributed by atoms with Gasteiger partial charge in [-0.1, -0.05) is 13.8 Å². The van der Waals surface area contributed by atoms with Crippen LogP contribution in [0.15, 0.2) is 16.7 Å². The van der Waals surface area contributed by atoms with Crippen LogP contribution in [0.5, 0.6) is 0 Å². The first-order valence-corrected chi connectivity index (χ1v) is 3.25. The van der Waals surface area contributed by atoms with Gasteiger partial charge in [0.25, 0.3) is 0 Å². The first-order valence-electron chi connectivity index (χ1n) is 3.25. The van der Waals surface area contributed by atoms with E-state index in [2.05, 4.69) is 19.9 Å². The molecule has 0 N–H and O–H groups in total. The van der Waals surface area contributed by atoms with E-state index < -0.39 is 0 Å². The Balaban J connectivity index is 2.85. The maximum atomic E-state index is 5.23. The second-order valence-corrected chi connectivity index (χ2v) is 2.68. The van der Waals surface area contributed by atoms with Gasteiger partial charge in [0.2, 0.25) is 0 Å². The predicted molar refractivity (Wildman–Crippen MR) is 37.5 cm³/mol. The molecular weight excluding hydrogens is 112 g/mol. The number of furan rings is 1. The van der Waals surface area contributed by atoms with Crippen LogP contribution in [-0.4, -0.2) is 0 Å². The van der Waals surface area contributed by atoms with Crippen molar-refractivity contribution in [3.63, 3.8) is 0 Å². The van der Waals surface area contributed by atoms with Crippen LogP contribution in [0.1, 0.15) is 31.1 Å². The fourth-order valence-corrected chi connectivity index (χ4v) is 0.756. The van der Waals surface area contributed by atoms with Gasteiger partial charge in [-0.25, -0.2) is 0 Å². The molecule has 0 amide bonds. The van der Waals surface area contributed by atoms with Crippen LogP contribution in [0.25, 0.3) is 0 Å². The van der Waals surface area contributed by atoms with Crippen LogP contribution >= 0.6 is 0 Å². The van der Waals surface area contributed by atoms with Crippen molar-refractivity contribution in [2.75, 3.05) is 0 Å². The van der Waals surface area contributed by atoms with Gasteiger partial charge in [0.15, 0.2) is 0 Å². The Hall–Kier alpha value is -0.720. The van der Waals surface area contributed by atoms with Gasteiger partial charge in [-0.3, -0.25) is 0 Å². The highest BCUT2D eigenvalue weighted by molar-refractivity contribution is 5.12. The molecule has 0 bridgehead atoms. The van der Waals surface area contributed by atoms with E-state index in [4.69, 9.17) is 4.42 Å². The Bertz CT molecular complexity index is 186. The fraction of sp³-hybridized carbons (Fsp3) is 0.500. The van der Waals surface area contributed by atoms with Crippen molar-refractivity contribution in [2.24, 2.45) is 0 Å². The first kappa shape index (κ1) is 6.40. The summed E-state index contributed by atoms with van der Waals surface area (Å²) in [5, 5.41) is 0. The fourth-order valence-electron chi connectivity index (χ4n) is 0.756. The third kappa shape index (κ3) is 1.35. The molecular formula is C8H12O. The van der Waals surface area contributed by atoms with Crippen molar-refractivity contribution < 1.29 is 4.42 Å². The Morgan fingerprint density at radius 1 is 1.44 bits per heavy atom. The number of hydrogen-bond acceptors (Lipinski definition) is 1. The quantitative estimate of drug-likeness (QED) is 0.561. The average molecular weight is 124 g/mol. The summed E-state index contributed by atoms with van der Waals surface area (Å²) >= 11 is 0. The van der Waals surface area contributed by atoms with Crippen LogP contribution in [0.3, 0.4) is 0 Å². The Morgan fingerprint density at radius 3 is 2.33 bits per heavy atom. The summed E-state index contributed by atoms with van der Waals surface area (Å²) in [7, 11) is 0. The second-order valence-electron chi connectivity index (χ2n) is 2.68. The minimum Gasteiger partial charge on any atom is -0.469 e. The van der Waals surface area contributed by atoms with E-state index in [9.17, 15) is 0 Å². The number of aryl methyl sites for hydroxylation is 1. The highest BCUT2D eigenvalue weighted by Gasteiger charge is 2.01. The lowest BCUT2D eigenvalue weighted by molar-refractivity contribution is 0.486. The summed E-state index contributed by atoms with van der Waals surface area (Å²) in [5.41, 5.74) is 1.21. The van der Waals surface area contributed by atoms with Gasteiger partial charge in [-0.2, -0.15) is 0 Å². The van der Waals surface area contributed by atoms with Gasteiger partial charge in [0, 0.05) is 5.92 Å². The van der Waals surface area contributed by atoms with Crippen LogP contribution in [0.2, 0.25) is 0 Å². The molecule has 1 rings (SSSR count). The van der Waals surface area contributed by atoms with E-state index in [1.165, 1.54) is 5.56 Å². The van der Waals surface area contributed by atoms with Gasteiger partial charge in [0.1, 0.15) is 5.76 Å². The van der Waals surface area contributed by atoms with Crippen molar-refractivity contribution in [1.29, 1.82) is 0 Å². The molecule has 0 saturated heterocycles. The molecule has 1 heteroatoms. The third-order valence-corrected chi connectivity index (χ3v) is 1.32. The Morgan fingerprint density at radius 2 is 2.11 bits per heavy atom. The second kappa shape index (κ2) is 2.26. The molecule has 1 heterocycles. The van der Waals surface area contributed by atoms with Gasteiger partial charge in [0.05, 0.1) is 6.26 Å². The molecule has 0 fully saturated rings. The first-order chi connectivity index (χ1) is 4.20. The molecule has 0 aliphatic rings. The topological polar surface area (TPSA) is 13.1 Å². The van der Waals surface area contributed by atoms with Crippen LogP contribution in [0.4, 0.5) is 0 Å². The molecule has 0 radical (unpaired) electrons. The standard InChI is InChI=1S/C8H12O/c1-6(2)8-4-7(3)5-9-8/h4-6H,1-3H3. The van der Waals surface area contributed by atoms with E-state index in [0.29, 0.717) is 5.92 Å². The molecule has 9 heavy (non-hydrogen) atoms. The molecule has 0 atom stereocenters. The summed E-state index contributed by atoms with van der Waals surface area (Å²) in [5.74, 6) is 1.59. The molecule has 50 valence electrons. The van der Waals surface area contributed by atoms with Crippen molar-refractivity contribution in [1.82, 2.24) is 0 Å². The zero-order valence-corrected chi connectivity index (χ0v) is 6.14. The van der Waals surface area contributed by atoms with Crippen molar-refractivity contribution >= 4 is 0 Å². The van der Waals surface area contributed by atoms with E-state index in [1.54, 1.807) is 6.26 Å². The van der Waals surface area contributed by atoms with Crippen molar-refractivity contribution in [3.8, 4) is 0 Å². The molecule has 0 saturated carbocycles. The van der Waals surface area contributed by atoms with E-state index >= 15 is 0 Å². The summed E-state index contributed by atoms with van der Waals surface area (Å²) in [6.07, 6.45) is 1.79. The SMILES string of the molecule is Cc1coc(C(C)C)c1. The Labute approximate surface area is 55.7 Å². The molecule has 0 aliphatic carbocycles. The van der Waals surface area contributed by atoms with E-state index in [1.807, 2.05) is 6.92 Å². The number of rotatable bonds is 1. The zero-order chi connectivity index (χ0) is 6.85. The van der Waals surface area contributed by atoms with Gasteiger partial charge < -0.3 is 4.42 Å². The maximum Gasteiger partial charge on any atom is 0.106 e. The predicted octanol–water partition coefficient (Wildman–Crippen LogP) is 2.71. The van der Waals surface area contributed by atoms with Gasteiger partial charge in [-0.15, -0.1) is 0 Å². The summed E-state index contributed by atoms with van der Waals surface area (Å²) in [6, 6.07) is 2.07. The van der Waals surface area contributed by atoms with E-state index in [-0.39, 0.29) is 0 Å². The third-order valence-electron chi connectivity index (χ3n) is 1.32.